The number of hydrogen-bond acceptors (Lipinski definition) is 3. The number of aromatic nitrogens is 1. The smallest absolute Gasteiger partial charge is 0.214 e. The van der Waals surface area contributed by atoms with Crippen LogP contribution in [-0.4, -0.2) is 24.5 Å². The molecule has 0 saturated heterocycles. The Hall–Kier alpha value is -2.30. The maximum atomic E-state index is 5.58. The van der Waals surface area contributed by atoms with Crippen LogP contribution >= 0.6 is 0 Å². The molecule has 1 aromatic heterocycles. The van der Waals surface area contributed by atoms with Gasteiger partial charge in [-0.15, -0.1) is 0 Å². The Morgan fingerprint density at radius 1 is 1.17 bits per heavy atom. The van der Waals surface area contributed by atoms with Crippen LogP contribution in [0.4, 0.5) is 0 Å². The van der Waals surface area contributed by atoms with Crippen molar-refractivity contribution in [3.63, 3.8) is 0 Å². The van der Waals surface area contributed by atoms with Gasteiger partial charge in [0.25, 0.3) is 0 Å². The summed E-state index contributed by atoms with van der Waals surface area (Å²) in [7, 11) is 1.77. The van der Waals surface area contributed by atoms with Gasteiger partial charge in [-0.1, -0.05) is 44.2 Å². The van der Waals surface area contributed by atoms with Gasteiger partial charge >= 0.3 is 0 Å². The Morgan fingerprint density at radius 2 is 1.88 bits per heavy atom. The Morgan fingerprint density at radius 3 is 2.46 bits per heavy atom. The van der Waals surface area contributed by atoms with Crippen molar-refractivity contribution in [3.8, 4) is 0 Å². The molecule has 0 unspecified atom stereocenters. The van der Waals surface area contributed by atoms with Gasteiger partial charge < -0.3 is 15.1 Å². The van der Waals surface area contributed by atoms with Crippen molar-refractivity contribution in [2.75, 3.05) is 13.6 Å². The lowest BCUT2D eigenvalue weighted by atomic mass is 9.86. The summed E-state index contributed by atoms with van der Waals surface area (Å²) in [6.45, 7) is 9.72. The van der Waals surface area contributed by atoms with E-state index in [9.17, 15) is 0 Å². The van der Waals surface area contributed by atoms with Crippen LogP contribution < -0.4 is 10.6 Å². The van der Waals surface area contributed by atoms with E-state index in [0.29, 0.717) is 12.4 Å². The second-order valence-electron chi connectivity index (χ2n) is 6.86. The molecule has 2 aromatic rings. The molecular weight excluding hydrogens is 300 g/mol. The molecule has 2 N–H and O–H groups in total. The number of aliphatic imine (C=N–C) groups is 1. The molecule has 0 atom stereocenters. The van der Waals surface area contributed by atoms with Crippen LogP contribution in [0.1, 0.15) is 36.8 Å². The number of benzene rings is 1. The number of hydrogen-bond donors (Lipinski definition) is 2. The normalized spacial score (nSPS) is 12.3. The monoisotopic (exact) mass is 328 g/mol. The predicted octanol–water partition coefficient (Wildman–Crippen LogP) is 3.23. The highest BCUT2D eigenvalue weighted by molar-refractivity contribution is 5.79. The largest absolute Gasteiger partial charge is 0.444 e. The molecule has 0 fully saturated rings. The highest BCUT2D eigenvalue weighted by Gasteiger charge is 2.19. The molecule has 0 aliphatic rings. The number of oxazole rings is 1. The Labute approximate surface area is 144 Å². The highest BCUT2D eigenvalue weighted by Crippen LogP contribution is 2.20. The topological polar surface area (TPSA) is 62.5 Å². The molecule has 130 valence electrons. The Balaban J connectivity index is 1.84. The van der Waals surface area contributed by atoms with E-state index >= 15 is 0 Å². The first-order chi connectivity index (χ1) is 11.4. The number of nitrogens with zero attached hydrogens (tertiary/aromatic N) is 2. The summed E-state index contributed by atoms with van der Waals surface area (Å²) < 4.78 is 5.58. The third kappa shape index (κ3) is 5.41. The van der Waals surface area contributed by atoms with Gasteiger partial charge in [-0.2, -0.15) is 0 Å². The average Bonchev–Trinajstić information content (AvgIpc) is 2.86. The zero-order chi connectivity index (χ0) is 17.6. The Bertz CT molecular complexity index is 654. The van der Waals surface area contributed by atoms with E-state index in [4.69, 9.17) is 4.42 Å². The zero-order valence-corrected chi connectivity index (χ0v) is 15.3. The summed E-state index contributed by atoms with van der Waals surface area (Å²) in [6, 6.07) is 10.6. The van der Waals surface area contributed by atoms with E-state index in [2.05, 4.69) is 58.7 Å². The minimum atomic E-state index is 0.120. The van der Waals surface area contributed by atoms with Gasteiger partial charge in [0.05, 0.1) is 12.2 Å². The van der Waals surface area contributed by atoms with Crippen molar-refractivity contribution in [2.45, 2.75) is 40.7 Å². The SMILES string of the molecule is CN=C(NCc1nc(C)c(C)o1)NCC(C)(C)Cc1ccccc1. The third-order valence-electron chi connectivity index (χ3n) is 3.96. The van der Waals surface area contributed by atoms with Crippen LogP contribution in [0.2, 0.25) is 0 Å². The molecule has 0 radical (unpaired) electrons. The van der Waals surface area contributed by atoms with E-state index in [1.807, 2.05) is 19.9 Å². The van der Waals surface area contributed by atoms with Crippen molar-refractivity contribution in [1.29, 1.82) is 0 Å². The molecule has 24 heavy (non-hydrogen) atoms. The maximum Gasteiger partial charge on any atom is 0.214 e. The molecule has 0 bridgehead atoms. The van der Waals surface area contributed by atoms with Crippen LogP contribution in [0.25, 0.3) is 0 Å². The molecule has 0 spiro atoms. The molecule has 0 aliphatic heterocycles. The van der Waals surface area contributed by atoms with Crippen molar-refractivity contribution in [2.24, 2.45) is 10.4 Å². The van der Waals surface area contributed by atoms with E-state index in [-0.39, 0.29) is 5.41 Å². The molecule has 1 aromatic carbocycles. The lowest BCUT2D eigenvalue weighted by Gasteiger charge is -2.26. The molecule has 1 heterocycles. The number of nitrogens with one attached hydrogen (secondary N) is 2. The first kappa shape index (κ1) is 18.0. The minimum absolute atomic E-state index is 0.120. The molecule has 0 saturated carbocycles. The fourth-order valence-corrected chi connectivity index (χ4v) is 2.53. The van der Waals surface area contributed by atoms with Crippen molar-refractivity contribution < 1.29 is 4.42 Å². The van der Waals surface area contributed by atoms with Gasteiger partial charge in [0.2, 0.25) is 5.89 Å². The van der Waals surface area contributed by atoms with Crippen LogP contribution in [-0.2, 0) is 13.0 Å². The number of aryl methyl sites for hydroxylation is 2. The average molecular weight is 328 g/mol. The summed E-state index contributed by atoms with van der Waals surface area (Å²) in [5, 5.41) is 6.64. The molecular formula is C19H28N4O. The Kier molecular flexibility index (Phi) is 6.01. The lowest BCUT2D eigenvalue weighted by Crippen LogP contribution is -2.42. The van der Waals surface area contributed by atoms with Crippen molar-refractivity contribution >= 4 is 5.96 Å². The van der Waals surface area contributed by atoms with Gasteiger partial charge in [0.1, 0.15) is 5.76 Å². The van der Waals surface area contributed by atoms with Crippen LogP contribution in [0, 0.1) is 19.3 Å². The zero-order valence-electron chi connectivity index (χ0n) is 15.3. The fraction of sp³-hybridized carbons (Fsp3) is 0.474. The minimum Gasteiger partial charge on any atom is -0.444 e. The summed E-state index contributed by atoms with van der Waals surface area (Å²) >= 11 is 0. The van der Waals surface area contributed by atoms with Gasteiger partial charge in [0, 0.05) is 13.6 Å². The maximum absolute atomic E-state index is 5.58. The third-order valence-corrected chi connectivity index (χ3v) is 3.96. The lowest BCUT2D eigenvalue weighted by molar-refractivity contribution is 0.358. The molecule has 0 aliphatic carbocycles. The van der Waals surface area contributed by atoms with Crippen molar-refractivity contribution in [3.05, 3.63) is 53.2 Å². The molecule has 0 amide bonds. The van der Waals surface area contributed by atoms with Gasteiger partial charge in [0.15, 0.2) is 5.96 Å². The van der Waals surface area contributed by atoms with Crippen LogP contribution in [0.5, 0.6) is 0 Å². The fourth-order valence-electron chi connectivity index (χ4n) is 2.53. The summed E-state index contributed by atoms with van der Waals surface area (Å²) in [4.78, 5) is 8.64. The number of rotatable bonds is 6. The van der Waals surface area contributed by atoms with E-state index < -0.39 is 0 Å². The molecule has 2 rings (SSSR count). The molecule has 5 nitrogen and oxygen atoms in total. The standard InChI is InChI=1S/C19H28N4O/c1-14-15(2)24-17(23-14)12-21-18(20-5)22-13-19(3,4)11-16-9-7-6-8-10-16/h6-10H,11-13H2,1-5H3,(H2,20,21,22). The van der Waals surface area contributed by atoms with Gasteiger partial charge in [-0.05, 0) is 31.2 Å². The first-order valence-electron chi connectivity index (χ1n) is 8.31. The summed E-state index contributed by atoms with van der Waals surface area (Å²) in [5.74, 6) is 2.29. The highest BCUT2D eigenvalue weighted by atomic mass is 16.4. The van der Waals surface area contributed by atoms with Crippen LogP contribution in [0.3, 0.4) is 0 Å². The van der Waals surface area contributed by atoms with E-state index in [1.54, 1.807) is 7.05 Å². The summed E-state index contributed by atoms with van der Waals surface area (Å²) in [6.07, 6.45) is 1.01. The first-order valence-corrected chi connectivity index (χ1v) is 8.31. The quantitative estimate of drug-likeness (QED) is 0.631. The van der Waals surface area contributed by atoms with E-state index in [1.165, 1.54) is 5.56 Å². The van der Waals surface area contributed by atoms with E-state index in [0.717, 1.165) is 30.4 Å². The van der Waals surface area contributed by atoms with Crippen LogP contribution in [0.15, 0.2) is 39.7 Å². The van der Waals surface area contributed by atoms with Crippen molar-refractivity contribution in [1.82, 2.24) is 15.6 Å². The predicted molar refractivity (Wildman–Crippen MR) is 98.1 cm³/mol. The second kappa shape index (κ2) is 7.99. The second-order valence-corrected chi connectivity index (χ2v) is 6.86. The molecule has 5 heteroatoms. The van der Waals surface area contributed by atoms with Gasteiger partial charge in [-0.3, -0.25) is 4.99 Å². The van der Waals surface area contributed by atoms with Gasteiger partial charge in [-0.25, -0.2) is 4.98 Å². The summed E-state index contributed by atoms with van der Waals surface area (Å²) in [5.41, 5.74) is 2.39. The number of guanidine groups is 1.